The van der Waals surface area contributed by atoms with Crippen LogP contribution in [0.1, 0.15) is 10.4 Å². The summed E-state index contributed by atoms with van der Waals surface area (Å²) in [5.41, 5.74) is 5.91. The average Bonchev–Trinajstić information content (AvgIpc) is 2.20. The highest BCUT2D eigenvalue weighted by Gasteiger charge is 2.08. The molecule has 5 nitrogen and oxygen atoms in total. The number of hydrogen-bond donors (Lipinski definition) is 3. The molecule has 0 spiro atoms. The molecule has 1 rings (SSSR count). The van der Waals surface area contributed by atoms with E-state index in [-0.39, 0.29) is 11.3 Å². The third-order valence-corrected chi connectivity index (χ3v) is 1.74. The number of nitrogens with two attached hydrogens (primary N) is 1. The molecule has 5 heteroatoms. The van der Waals surface area contributed by atoms with Crippen molar-refractivity contribution in [2.24, 2.45) is 0 Å². The molecule has 0 heterocycles. The number of nitrogens with one attached hydrogen (secondary N) is 1. The van der Waals surface area contributed by atoms with E-state index in [1.807, 2.05) is 0 Å². The molecule has 78 valence electrons. The van der Waals surface area contributed by atoms with Gasteiger partial charge in [-0.2, -0.15) is 0 Å². The number of rotatable bonds is 3. The minimum absolute atomic E-state index is 0.0446. The van der Waals surface area contributed by atoms with Gasteiger partial charge in [0.1, 0.15) is 0 Å². The van der Waals surface area contributed by atoms with Gasteiger partial charge >= 0.3 is 5.97 Å². The second-order valence-corrected chi connectivity index (χ2v) is 2.80. The van der Waals surface area contributed by atoms with Crippen molar-refractivity contribution in [1.29, 1.82) is 0 Å². The summed E-state index contributed by atoms with van der Waals surface area (Å²) in [6.45, 7) is 3.28. The van der Waals surface area contributed by atoms with Crippen LogP contribution in [0.3, 0.4) is 0 Å². The SMILES string of the molecule is C=CC(=O)Nc1ccc(N)c(C(=O)O)c1. The summed E-state index contributed by atoms with van der Waals surface area (Å²) < 4.78 is 0. The lowest BCUT2D eigenvalue weighted by Crippen LogP contribution is -2.09. The van der Waals surface area contributed by atoms with Gasteiger partial charge in [-0.1, -0.05) is 6.58 Å². The summed E-state index contributed by atoms with van der Waals surface area (Å²) in [5, 5.41) is 11.2. The first kappa shape index (κ1) is 10.8. The van der Waals surface area contributed by atoms with Crippen LogP contribution >= 0.6 is 0 Å². The third-order valence-electron chi connectivity index (χ3n) is 1.74. The maximum Gasteiger partial charge on any atom is 0.337 e. The molecule has 0 aliphatic carbocycles. The standard InChI is InChI=1S/C10H10N2O3/c1-2-9(13)12-6-3-4-8(11)7(5-6)10(14)15/h2-5H,1,11H2,(H,12,13)(H,14,15). The number of carboxylic acids is 1. The van der Waals surface area contributed by atoms with Gasteiger partial charge in [-0.3, -0.25) is 4.79 Å². The number of carbonyl (C=O) groups excluding carboxylic acids is 1. The van der Waals surface area contributed by atoms with E-state index in [1.54, 1.807) is 0 Å². The topological polar surface area (TPSA) is 92.4 Å². The van der Waals surface area contributed by atoms with Gasteiger partial charge in [0.2, 0.25) is 5.91 Å². The zero-order chi connectivity index (χ0) is 11.4. The molecule has 0 saturated carbocycles. The monoisotopic (exact) mass is 206 g/mol. The van der Waals surface area contributed by atoms with Crippen LogP contribution in [0.15, 0.2) is 30.9 Å². The van der Waals surface area contributed by atoms with Gasteiger partial charge in [0.05, 0.1) is 5.56 Å². The maximum atomic E-state index is 10.9. The lowest BCUT2D eigenvalue weighted by atomic mass is 10.1. The Kier molecular flexibility index (Phi) is 3.07. The van der Waals surface area contributed by atoms with Crippen LogP contribution in [-0.2, 0) is 4.79 Å². The van der Waals surface area contributed by atoms with E-state index in [0.717, 1.165) is 6.08 Å². The van der Waals surface area contributed by atoms with E-state index in [2.05, 4.69) is 11.9 Å². The lowest BCUT2D eigenvalue weighted by Gasteiger charge is -2.05. The summed E-state index contributed by atoms with van der Waals surface area (Å²) in [5.74, 6) is -1.54. The van der Waals surface area contributed by atoms with Crippen LogP contribution in [0.5, 0.6) is 0 Å². The first-order valence-corrected chi connectivity index (χ1v) is 4.11. The Bertz CT molecular complexity index is 427. The molecule has 0 bridgehead atoms. The Morgan fingerprint density at radius 1 is 1.47 bits per heavy atom. The molecule has 0 aromatic heterocycles. The molecule has 15 heavy (non-hydrogen) atoms. The van der Waals surface area contributed by atoms with Crippen LogP contribution in [0, 0.1) is 0 Å². The number of hydrogen-bond acceptors (Lipinski definition) is 3. The number of aromatic carboxylic acids is 1. The Morgan fingerprint density at radius 3 is 2.67 bits per heavy atom. The van der Waals surface area contributed by atoms with Gasteiger partial charge in [-0.05, 0) is 24.3 Å². The summed E-state index contributed by atoms with van der Waals surface area (Å²) in [4.78, 5) is 21.7. The number of nitrogen functional groups attached to an aromatic ring is 1. The normalized spacial score (nSPS) is 9.33. The molecule has 4 N–H and O–H groups in total. The molecular weight excluding hydrogens is 196 g/mol. The van der Waals surface area contributed by atoms with Crippen LogP contribution in [0.4, 0.5) is 11.4 Å². The Balaban J connectivity index is 3.02. The van der Waals surface area contributed by atoms with Crippen molar-refractivity contribution in [3.63, 3.8) is 0 Å². The number of amides is 1. The van der Waals surface area contributed by atoms with E-state index < -0.39 is 11.9 Å². The first-order chi connectivity index (χ1) is 7.04. The molecule has 0 atom stereocenters. The summed E-state index contributed by atoms with van der Waals surface area (Å²) >= 11 is 0. The van der Waals surface area contributed by atoms with Crippen molar-refractivity contribution in [3.8, 4) is 0 Å². The molecule has 0 unspecified atom stereocenters. The molecule has 0 fully saturated rings. The van der Waals surface area contributed by atoms with E-state index in [0.29, 0.717) is 5.69 Å². The zero-order valence-electron chi connectivity index (χ0n) is 7.86. The van der Waals surface area contributed by atoms with Crippen LogP contribution in [0.25, 0.3) is 0 Å². The van der Waals surface area contributed by atoms with E-state index in [4.69, 9.17) is 10.8 Å². The number of carboxylic acid groups (broad SMARTS) is 1. The fourth-order valence-electron chi connectivity index (χ4n) is 1.01. The summed E-state index contributed by atoms with van der Waals surface area (Å²) in [7, 11) is 0. The number of carbonyl (C=O) groups is 2. The van der Waals surface area contributed by atoms with Crippen LogP contribution in [-0.4, -0.2) is 17.0 Å². The highest BCUT2D eigenvalue weighted by Crippen LogP contribution is 2.17. The van der Waals surface area contributed by atoms with Gasteiger partial charge in [0, 0.05) is 11.4 Å². The second-order valence-electron chi connectivity index (χ2n) is 2.80. The lowest BCUT2D eigenvalue weighted by molar-refractivity contribution is -0.111. The van der Waals surface area contributed by atoms with Crippen molar-refractivity contribution in [3.05, 3.63) is 36.4 Å². The predicted molar refractivity (Wildman–Crippen MR) is 56.6 cm³/mol. The van der Waals surface area contributed by atoms with Crippen molar-refractivity contribution in [2.75, 3.05) is 11.1 Å². The minimum atomic E-state index is -1.14. The molecule has 1 aromatic rings. The first-order valence-electron chi connectivity index (χ1n) is 4.11. The van der Waals surface area contributed by atoms with Crippen molar-refractivity contribution in [1.82, 2.24) is 0 Å². The average molecular weight is 206 g/mol. The number of anilines is 2. The van der Waals surface area contributed by atoms with Crippen molar-refractivity contribution < 1.29 is 14.7 Å². The molecule has 0 saturated heterocycles. The second kappa shape index (κ2) is 4.28. The minimum Gasteiger partial charge on any atom is -0.478 e. The molecular formula is C10H10N2O3. The highest BCUT2D eigenvalue weighted by molar-refractivity contribution is 6.01. The van der Waals surface area contributed by atoms with E-state index >= 15 is 0 Å². The van der Waals surface area contributed by atoms with Crippen molar-refractivity contribution in [2.45, 2.75) is 0 Å². The molecule has 1 aromatic carbocycles. The van der Waals surface area contributed by atoms with Gasteiger partial charge in [-0.25, -0.2) is 4.79 Å². The molecule has 0 radical (unpaired) electrons. The Morgan fingerprint density at radius 2 is 2.13 bits per heavy atom. The Hall–Kier alpha value is -2.30. The van der Waals surface area contributed by atoms with Gasteiger partial charge in [0.15, 0.2) is 0 Å². The fraction of sp³-hybridized carbons (Fsp3) is 0. The highest BCUT2D eigenvalue weighted by atomic mass is 16.4. The third kappa shape index (κ3) is 2.57. The summed E-state index contributed by atoms with van der Waals surface area (Å²) in [6.07, 6.45) is 1.09. The zero-order valence-corrected chi connectivity index (χ0v) is 7.86. The number of benzene rings is 1. The van der Waals surface area contributed by atoms with Gasteiger partial charge in [-0.15, -0.1) is 0 Å². The van der Waals surface area contributed by atoms with E-state index in [1.165, 1.54) is 18.2 Å². The Labute approximate surface area is 86.2 Å². The van der Waals surface area contributed by atoms with Crippen LogP contribution in [0.2, 0.25) is 0 Å². The molecule has 1 amide bonds. The van der Waals surface area contributed by atoms with Gasteiger partial charge in [0.25, 0.3) is 0 Å². The quantitative estimate of drug-likeness (QED) is 0.509. The van der Waals surface area contributed by atoms with Crippen LogP contribution < -0.4 is 11.1 Å². The fourth-order valence-corrected chi connectivity index (χ4v) is 1.01. The smallest absolute Gasteiger partial charge is 0.337 e. The predicted octanol–water partition coefficient (Wildman–Crippen LogP) is 1.09. The maximum absolute atomic E-state index is 10.9. The summed E-state index contributed by atoms with van der Waals surface area (Å²) in [6, 6.07) is 4.23. The van der Waals surface area contributed by atoms with Gasteiger partial charge < -0.3 is 16.2 Å². The molecule has 0 aliphatic heterocycles. The van der Waals surface area contributed by atoms with Crippen molar-refractivity contribution >= 4 is 23.3 Å². The largest absolute Gasteiger partial charge is 0.478 e. The van der Waals surface area contributed by atoms with E-state index in [9.17, 15) is 9.59 Å². The molecule has 0 aliphatic rings.